The largest absolute Gasteiger partial charge is 0.444 e. The summed E-state index contributed by atoms with van der Waals surface area (Å²) in [5, 5.41) is 0.410. The number of likely N-dealkylation sites (tertiary alicyclic amines) is 2. The Bertz CT molecular complexity index is 1140. The van der Waals surface area contributed by atoms with Gasteiger partial charge in [0.05, 0.1) is 9.79 Å². The van der Waals surface area contributed by atoms with Crippen LogP contribution in [0.5, 0.6) is 0 Å². The first-order valence-corrected chi connectivity index (χ1v) is 14.7. The van der Waals surface area contributed by atoms with Crippen molar-refractivity contribution in [3.8, 4) is 0 Å². The minimum Gasteiger partial charge on any atom is -0.444 e. The Balaban J connectivity index is 1.25. The van der Waals surface area contributed by atoms with Crippen molar-refractivity contribution in [2.45, 2.75) is 74.3 Å². The van der Waals surface area contributed by atoms with Crippen LogP contribution in [0.25, 0.3) is 0 Å². The molecule has 0 spiro atoms. The van der Waals surface area contributed by atoms with E-state index in [-0.39, 0.29) is 11.0 Å². The SMILES string of the molecule is CC(C)(C)OC(=O)N1CCC(N2CCC(Cc3ccc(S(=O)(=O)c4cccc(Cl)c4)cc3)CC2)CC1. The smallest absolute Gasteiger partial charge is 0.410 e. The number of ether oxygens (including phenoxy) is 1. The minimum atomic E-state index is -3.57. The molecule has 0 unspecified atom stereocenters. The average Bonchev–Trinajstić information content (AvgIpc) is 2.84. The van der Waals surface area contributed by atoms with E-state index in [2.05, 4.69) is 4.90 Å². The molecule has 0 bridgehead atoms. The number of nitrogens with zero attached hydrogens (tertiary/aromatic N) is 2. The summed E-state index contributed by atoms with van der Waals surface area (Å²) >= 11 is 5.98. The van der Waals surface area contributed by atoms with Gasteiger partial charge in [-0.1, -0.05) is 29.8 Å². The Hall–Kier alpha value is -2.09. The van der Waals surface area contributed by atoms with E-state index >= 15 is 0 Å². The number of carbonyl (C=O) groups is 1. The van der Waals surface area contributed by atoms with E-state index in [1.54, 1.807) is 30.3 Å². The number of amides is 1. The number of hydrogen-bond acceptors (Lipinski definition) is 5. The Morgan fingerprint density at radius 2 is 1.58 bits per heavy atom. The lowest BCUT2D eigenvalue weighted by molar-refractivity contribution is 0.0119. The van der Waals surface area contributed by atoms with Crippen molar-refractivity contribution >= 4 is 27.5 Å². The lowest BCUT2D eigenvalue weighted by atomic mass is 9.88. The van der Waals surface area contributed by atoms with Crippen LogP contribution in [-0.4, -0.2) is 62.1 Å². The second-order valence-corrected chi connectivity index (χ2v) is 13.4. The maximum atomic E-state index is 12.9. The van der Waals surface area contributed by atoms with Crippen LogP contribution < -0.4 is 0 Å². The number of rotatable bonds is 5. The second kappa shape index (κ2) is 11.1. The number of halogens is 1. The summed E-state index contributed by atoms with van der Waals surface area (Å²) in [5.74, 6) is 0.596. The van der Waals surface area contributed by atoms with Gasteiger partial charge in [0.15, 0.2) is 0 Å². The third kappa shape index (κ3) is 6.81. The number of piperidine rings is 2. The molecule has 1 amide bonds. The van der Waals surface area contributed by atoms with Gasteiger partial charge in [0, 0.05) is 24.2 Å². The normalized spacial score (nSPS) is 18.8. The van der Waals surface area contributed by atoms with Gasteiger partial charge in [-0.05, 0) is 108 Å². The molecule has 2 aliphatic rings. The molecule has 2 heterocycles. The van der Waals surface area contributed by atoms with Gasteiger partial charge in [0.1, 0.15) is 5.60 Å². The van der Waals surface area contributed by atoms with E-state index in [9.17, 15) is 13.2 Å². The van der Waals surface area contributed by atoms with Crippen LogP contribution in [0.3, 0.4) is 0 Å². The van der Waals surface area contributed by atoms with Crippen LogP contribution in [0.2, 0.25) is 5.02 Å². The van der Waals surface area contributed by atoms with Gasteiger partial charge in [0.2, 0.25) is 9.84 Å². The van der Waals surface area contributed by atoms with Gasteiger partial charge < -0.3 is 14.5 Å². The molecule has 2 saturated heterocycles. The van der Waals surface area contributed by atoms with Gasteiger partial charge in [0.25, 0.3) is 0 Å². The average molecular weight is 533 g/mol. The first kappa shape index (κ1) is 27.0. The lowest BCUT2D eigenvalue weighted by Crippen LogP contribution is -2.49. The molecule has 196 valence electrons. The molecular formula is C28H37ClN2O4S. The van der Waals surface area contributed by atoms with Crippen molar-refractivity contribution in [1.29, 1.82) is 0 Å². The molecule has 2 aromatic rings. The van der Waals surface area contributed by atoms with Crippen molar-refractivity contribution in [1.82, 2.24) is 9.80 Å². The van der Waals surface area contributed by atoms with Crippen LogP contribution in [0.1, 0.15) is 52.0 Å². The van der Waals surface area contributed by atoms with Crippen molar-refractivity contribution in [3.05, 3.63) is 59.1 Å². The first-order valence-electron chi connectivity index (χ1n) is 12.8. The summed E-state index contributed by atoms with van der Waals surface area (Å²) in [6.45, 7) is 9.36. The lowest BCUT2D eigenvalue weighted by Gasteiger charge is -2.42. The van der Waals surface area contributed by atoms with E-state index in [4.69, 9.17) is 16.3 Å². The molecule has 2 aromatic carbocycles. The Kier molecular flexibility index (Phi) is 8.32. The van der Waals surface area contributed by atoms with E-state index in [1.165, 1.54) is 11.6 Å². The van der Waals surface area contributed by atoms with Crippen LogP contribution in [0.15, 0.2) is 58.3 Å². The summed E-state index contributed by atoms with van der Waals surface area (Å²) in [7, 11) is -3.57. The predicted octanol–water partition coefficient (Wildman–Crippen LogP) is 5.83. The van der Waals surface area contributed by atoms with E-state index < -0.39 is 15.4 Å². The van der Waals surface area contributed by atoms with Crippen molar-refractivity contribution in [2.75, 3.05) is 26.2 Å². The summed E-state index contributed by atoms with van der Waals surface area (Å²) < 4.78 is 31.3. The number of hydrogen-bond donors (Lipinski definition) is 0. The van der Waals surface area contributed by atoms with Crippen molar-refractivity contribution in [3.63, 3.8) is 0 Å². The molecule has 6 nitrogen and oxygen atoms in total. The summed E-state index contributed by atoms with van der Waals surface area (Å²) in [4.78, 5) is 17.3. The monoisotopic (exact) mass is 532 g/mol. The fraction of sp³-hybridized carbons (Fsp3) is 0.536. The molecule has 36 heavy (non-hydrogen) atoms. The number of carbonyl (C=O) groups excluding carboxylic acids is 1. The molecule has 0 aliphatic carbocycles. The highest BCUT2D eigenvalue weighted by molar-refractivity contribution is 7.91. The molecule has 0 N–H and O–H groups in total. The molecule has 0 radical (unpaired) electrons. The molecule has 2 aliphatic heterocycles. The Morgan fingerprint density at radius 3 is 2.17 bits per heavy atom. The van der Waals surface area contributed by atoms with Crippen molar-refractivity contribution in [2.24, 2.45) is 5.92 Å². The highest BCUT2D eigenvalue weighted by atomic mass is 35.5. The zero-order chi connectivity index (χ0) is 25.9. The maximum absolute atomic E-state index is 12.9. The maximum Gasteiger partial charge on any atom is 0.410 e. The van der Waals surface area contributed by atoms with Gasteiger partial charge in [-0.3, -0.25) is 0 Å². The van der Waals surface area contributed by atoms with E-state index in [1.807, 2.05) is 37.8 Å². The fourth-order valence-corrected chi connectivity index (χ4v) is 6.73. The Morgan fingerprint density at radius 1 is 0.944 bits per heavy atom. The second-order valence-electron chi connectivity index (χ2n) is 11.0. The first-order chi connectivity index (χ1) is 17.0. The van der Waals surface area contributed by atoms with E-state index in [0.29, 0.717) is 21.9 Å². The molecule has 0 aromatic heterocycles. The molecule has 8 heteroatoms. The van der Waals surface area contributed by atoms with Crippen molar-refractivity contribution < 1.29 is 17.9 Å². The molecule has 0 saturated carbocycles. The zero-order valence-electron chi connectivity index (χ0n) is 21.5. The minimum absolute atomic E-state index is 0.203. The zero-order valence-corrected chi connectivity index (χ0v) is 23.0. The topological polar surface area (TPSA) is 66.9 Å². The Labute approximate surface area is 220 Å². The van der Waals surface area contributed by atoms with Crippen LogP contribution in [-0.2, 0) is 21.0 Å². The highest BCUT2D eigenvalue weighted by Gasteiger charge is 2.31. The van der Waals surface area contributed by atoms with Gasteiger partial charge in [-0.2, -0.15) is 0 Å². The van der Waals surface area contributed by atoms with E-state index in [0.717, 1.165) is 58.3 Å². The van der Waals surface area contributed by atoms with Crippen LogP contribution in [0.4, 0.5) is 4.79 Å². The third-order valence-corrected chi connectivity index (χ3v) is 9.15. The van der Waals surface area contributed by atoms with Gasteiger partial charge >= 0.3 is 6.09 Å². The predicted molar refractivity (Wildman–Crippen MR) is 142 cm³/mol. The highest BCUT2D eigenvalue weighted by Crippen LogP contribution is 2.28. The standard InChI is InChI=1S/C28H37ClN2O4S/c1-28(2,3)35-27(32)31-17-13-24(14-18-31)30-15-11-22(12-16-30)19-21-7-9-25(10-8-21)36(33,34)26-6-4-5-23(29)20-26/h4-10,20,22,24H,11-19H2,1-3H3. The number of benzene rings is 2. The third-order valence-electron chi connectivity index (χ3n) is 7.15. The van der Waals surface area contributed by atoms with Crippen LogP contribution >= 0.6 is 11.6 Å². The fourth-order valence-electron chi connectivity index (χ4n) is 5.17. The molecule has 2 fully saturated rings. The summed E-state index contributed by atoms with van der Waals surface area (Å²) in [5.41, 5.74) is 0.713. The molecule has 4 rings (SSSR count). The summed E-state index contributed by atoms with van der Waals surface area (Å²) in [6.07, 6.45) is 5.01. The number of sulfone groups is 1. The molecule has 0 atom stereocenters. The molecular weight excluding hydrogens is 496 g/mol. The van der Waals surface area contributed by atoms with Crippen LogP contribution in [0, 0.1) is 5.92 Å². The van der Waals surface area contributed by atoms with Gasteiger partial charge in [-0.25, -0.2) is 13.2 Å². The summed E-state index contributed by atoms with van der Waals surface area (Å²) in [6, 6.07) is 14.2. The van der Waals surface area contributed by atoms with Gasteiger partial charge in [-0.15, -0.1) is 0 Å². The quantitative estimate of drug-likeness (QED) is 0.485.